The summed E-state index contributed by atoms with van der Waals surface area (Å²) >= 11 is 0. The second-order valence-corrected chi connectivity index (χ2v) is 14.3. The van der Waals surface area contributed by atoms with E-state index in [1.165, 1.54) is 29.2 Å². The van der Waals surface area contributed by atoms with Crippen LogP contribution in [0.3, 0.4) is 0 Å². The lowest BCUT2D eigenvalue weighted by atomic mass is 9.94. The molecule has 0 unspecified atom stereocenters. The molecule has 1 N–H and O–H groups in total. The SMILES string of the molecule is CCOc1ccc(N(CC(=O)N(Cc2ccc(F)cc2)[C@@H](Cc2ccccc2)C(=O)NC2CCCCC2)S(=O)(=O)c2ccc(C)cc2)cc1. The molecule has 4 aromatic rings. The lowest BCUT2D eigenvalue weighted by Gasteiger charge is -2.35. The predicted molar refractivity (Wildman–Crippen MR) is 189 cm³/mol. The van der Waals surface area contributed by atoms with Crippen LogP contribution in [0, 0.1) is 12.7 Å². The first-order valence-corrected chi connectivity index (χ1v) is 18.3. The fraction of sp³-hybridized carbons (Fsp3) is 0.333. The van der Waals surface area contributed by atoms with Crippen LogP contribution in [0.2, 0.25) is 0 Å². The van der Waals surface area contributed by atoms with E-state index in [0.29, 0.717) is 17.9 Å². The standard InChI is InChI=1S/C39H44FN3O5S/c1-3-48-35-22-20-34(21-23-35)43(49(46,47)36-24-14-29(2)15-25-36)28-38(44)42(27-31-16-18-32(40)19-17-31)37(26-30-10-6-4-7-11-30)39(45)41-33-12-8-5-9-13-33/h4,6-7,10-11,14-25,33,37H,3,5,8-9,12-13,26-28H2,1-2H3,(H,41,45)/t37-/m0/s1. The zero-order valence-corrected chi connectivity index (χ0v) is 28.9. The number of halogens is 1. The van der Waals surface area contributed by atoms with E-state index in [2.05, 4.69) is 5.32 Å². The number of aryl methyl sites for hydroxylation is 1. The molecule has 49 heavy (non-hydrogen) atoms. The zero-order valence-electron chi connectivity index (χ0n) is 28.1. The van der Waals surface area contributed by atoms with Gasteiger partial charge >= 0.3 is 0 Å². The van der Waals surface area contributed by atoms with Gasteiger partial charge in [0.25, 0.3) is 10.0 Å². The average molecular weight is 686 g/mol. The topological polar surface area (TPSA) is 96.0 Å². The van der Waals surface area contributed by atoms with E-state index in [0.717, 1.165) is 47.5 Å². The molecule has 0 aliphatic heterocycles. The largest absolute Gasteiger partial charge is 0.494 e. The van der Waals surface area contributed by atoms with Gasteiger partial charge in [-0.25, -0.2) is 12.8 Å². The smallest absolute Gasteiger partial charge is 0.264 e. The van der Waals surface area contributed by atoms with Crippen molar-refractivity contribution in [3.63, 3.8) is 0 Å². The van der Waals surface area contributed by atoms with Crippen LogP contribution in [-0.4, -0.2) is 50.4 Å². The monoisotopic (exact) mass is 685 g/mol. The summed E-state index contributed by atoms with van der Waals surface area (Å²) in [7, 11) is -4.24. The van der Waals surface area contributed by atoms with Gasteiger partial charge in [0.15, 0.2) is 0 Å². The van der Waals surface area contributed by atoms with Crippen molar-refractivity contribution < 1.29 is 27.1 Å². The minimum atomic E-state index is -4.24. The van der Waals surface area contributed by atoms with E-state index in [4.69, 9.17) is 4.74 Å². The Morgan fingerprint density at radius 1 is 0.857 bits per heavy atom. The van der Waals surface area contributed by atoms with Gasteiger partial charge in [-0.2, -0.15) is 0 Å². The number of sulfonamides is 1. The first kappa shape index (κ1) is 35.6. The van der Waals surface area contributed by atoms with Crippen molar-refractivity contribution in [3.05, 3.63) is 126 Å². The fourth-order valence-electron chi connectivity index (χ4n) is 6.13. The van der Waals surface area contributed by atoms with Crippen molar-refractivity contribution in [1.29, 1.82) is 0 Å². The fourth-order valence-corrected chi connectivity index (χ4v) is 7.54. The highest BCUT2D eigenvalue weighted by atomic mass is 32.2. The summed E-state index contributed by atoms with van der Waals surface area (Å²) < 4.78 is 49.1. The molecule has 258 valence electrons. The Morgan fingerprint density at radius 3 is 2.14 bits per heavy atom. The number of amides is 2. The van der Waals surface area contributed by atoms with Crippen molar-refractivity contribution in [1.82, 2.24) is 10.2 Å². The molecule has 1 aliphatic rings. The minimum Gasteiger partial charge on any atom is -0.494 e. The van der Waals surface area contributed by atoms with Crippen LogP contribution in [0.25, 0.3) is 0 Å². The summed E-state index contributed by atoms with van der Waals surface area (Å²) in [5, 5.41) is 3.20. The number of carbonyl (C=O) groups is 2. The van der Waals surface area contributed by atoms with Gasteiger partial charge in [-0.1, -0.05) is 79.4 Å². The summed E-state index contributed by atoms with van der Waals surface area (Å²) in [5.41, 5.74) is 2.61. The highest BCUT2D eigenvalue weighted by Gasteiger charge is 2.35. The summed E-state index contributed by atoms with van der Waals surface area (Å²) in [4.78, 5) is 30.3. The molecule has 0 spiro atoms. The van der Waals surface area contributed by atoms with Crippen LogP contribution >= 0.6 is 0 Å². The van der Waals surface area contributed by atoms with Crippen LogP contribution in [0.15, 0.2) is 108 Å². The van der Waals surface area contributed by atoms with Gasteiger partial charge in [-0.05, 0) is 86.3 Å². The van der Waals surface area contributed by atoms with Crippen LogP contribution in [-0.2, 0) is 32.6 Å². The van der Waals surface area contributed by atoms with Gasteiger partial charge in [0, 0.05) is 19.0 Å². The lowest BCUT2D eigenvalue weighted by molar-refractivity contribution is -0.140. The van der Waals surface area contributed by atoms with Gasteiger partial charge in [0.2, 0.25) is 11.8 Å². The van der Waals surface area contributed by atoms with E-state index < -0.39 is 34.3 Å². The molecule has 2 amide bonds. The highest BCUT2D eigenvalue weighted by Crippen LogP contribution is 2.28. The average Bonchev–Trinajstić information content (AvgIpc) is 3.11. The molecular formula is C39H44FN3O5S. The maximum absolute atomic E-state index is 14.7. The third-order valence-corrected chi connectivity index (χ3v) is 10.6. The van der Waals surface area contributed by atoms with E-state index in [1.807, 2.05) is 44.2 Å². The van der Waals surface area contributed by atoms with Gasteiger partial charge in [-0.15, -0.1) is 0 Å². The number of rotatable bonds is 14. The number of benzene rings is 4. The summed E-state index contributed by atoms with van der Waals surface area (Å²) in [6.07, 6.45) is 5.07. The van der Waals surface area contributed by atoms with Crippen LogP contribution < -0.4 is 14.4 Å². The first-order valence-electron chi connectivity index (χ1n) is 16.8. The van der Waals surface area contributed by atoms with Crippen molar-refractivity contribution in [2.24, 2.45) is 0 Å². The molecular weight excluding hydrogens is 642 g/mol. The number of hydrogen-bond acceptors (Lipinski definition) is 5. The molecule has 1 atom stereocenters. The molecule has 5 rings (SSSR count). The lowest BCUT2D eigenvalue weighted by Crippen LogP contribution is -2.55. The number of anilines is 1. The maximum atomic E-state index is 14.7. The Kier molecular flexibility index (Phi) is 12.1. The summed E-state index contributed by atoms with van der Waals surface area (Å²) in [6.45, 7) is 3.55. The van der Waals surface area contributed by atoms with Crippen molar-refractivity contribution in [2.45, 2.75) is 75.9 Å². The van der Waals surface area contributed by atoms with E-state index in [9.17, 15) is 22.4 Å². The minimum absolute atomic E-state index is 0.00966. The maximum Gasteiger partial charge on any atom is 0.264 e. The zero-order chi connectivity index (χ0) is 34.8. The molecule has 10 heteroatoms. The summed E-state index contributed by atoms with van der Waals surface area (Å²) in [5.74, 6) is -0.747. The predicted octanol–water partition coefficient (Wildman–Crippen LogP) is 6.82. The quantitative estimate of drug-likeness (QED) is 0.157. The van der Waals surface area contributed by atoms with Gasteiger partial charge in [-0.3, -0.25) is 13.9 Å². The molecule has 0 aromatic heterocycles. The number of carbonyl (C=O) groups excluding carboxylic acids is 2. The molecule has 0 heterocycles. The van der Waals surface area contributed by atoms with Crippen LogP contribution in [0.1, 0.15) is 55.7 Å². The number of hydrogen-bond donors (Lipinski definition) is 1. The summed E-state index contributed by atoms with van der Waals surface area (Å²) in [6, 6.07) is 27.2. The van der Waals surface area contributed by atoms with Crippen LogP contribution in [0.5, 0.6) is 5.75 Å². The van der Waals surface area contributed by atoms with Crippen molar-refractivity contribution in [2.75, 3.05) is 17.5 Å². The van der Waals surface area contributed by atoms with E-state index in [-0.39, 0.29) is 35.5 Å². The van der Waals surface area contributed by atoms with E-state index >= 15 is 0 Å². The third kappa shape index (κ3) is 9.47. The molecule has 0 radical (unpaired) electrons. The molecule has 0 bridgehead atoms. The molecule has 1 aliphatic carbocycles. The normalized spacial score (nSPS) is 14.1. The second-order valence-electron chi connectivity index (χ2n) is 12.4. The number of ether oxygens (including phenoxy) is 1. The first-order chi connectivity index (χ1) is 23.6. The Labute approximate surface area is 289 Å². The molecule has 4 aromatic carbocycles. The Hall–Kier alpha value is -4.70. The van der Waals surface area contributed by atoms with Crippen molar-refractivity contribution >= 4 is 27.5 Å². The van der Waals surface area contributed by atoms with Crippen LogP contribution in [0.4, 0.5) is 10.1 Å². The Balaban J connectivity index is 1.56. The third-order valence-electron chi connectivity index (χ3n) is 8.81. The highest BCUT2D eigenvalue weighted by molar-refractivity contribution is 7.92. The van der Waals surface area contributed by atoms with E-state index in [1.54, 1.807) is 48.5 Å². The number of nitrogens with one attached hydrogen (secondary N) is 1. The molecule has 1 fully saturated rings. The van der Waals surface area contributed by atoms with Crippen molar-refractivity contribution in [3.8, 4) is 5.75 Å². The van der Waals surface area contributed by atoms with Gasteiger partial charge in [0.05, 0.1) is 17.2 Å². The molecule has 1 saturated carbocycles. The molecule has 0 saturated heterocycles. The Bertz CT molecular complexity index is 1780. The molecule has 8 nitrogen and oxygen atoms in total. The number of nitrogens with zero attached hydrogens (tertiary/aromatic N) is 2. The Morgan fingerprint density at radius 2 is 1.51 bits per heavy atom. The van der Waals surface area contributed by atoms with Gasteiger partial charge < -0.3 is 15.0 Å². The van der Waals surface area contributed by atoms with Gasteiger partial charge in [0.1, 0.15) is 24.2 Å². The second kappa shape index (κ2) is 16.6.